The summed E-state index contributed by atoms with van der Waals surface area (Å²) < 4.78 is 0. The molecule has 0 rings (SSSR count). The molecule has 12 radical (unpaired) electrons. The molecule has 0 aromatic heterocycles. The van der Waals surface area contributed by atoms with Crippen LogP contribution in [0, 0.1) is 0 Å². The van der Waals surface area contributed by atoms with Gasteiger partial charge >= 0.3 is 0 Å². The zero-order chi connectivity index (χ0) is 12.3. The summed E-state index contributed by atoms with van der Waals surface area (Å²) in [4.78, 5) is 0. The minimum absolute atomic E-state index is 0. The molecule has 11 heteroatoms. The van der Waals surface area contributed by atoms with Gasteiger partial charge < -0.3 is 5.11 Å². The molecular formula is C6H24B10O. The van der Waals surface area contributed by atoms with E-state index in [0.717, 1.165) is 7.11 Å². The molecule has 1 nitrogen and oxygen atoms in total. The van der Waals surface area contributed by atoms with Crippen molar-refractivity contribution in [1.82, 2.24) is 0 Å². The molecule has 0 fully saturated rings. The van der Waals surface area contributed by atoms with Gasteiger partial charge in [-0.15, -0.1) is 0 Å². The first-order chi connectivity index (χ1) is 6.46. The Balaban J connectivity index is -0.0000000275. The van der Waals surface area contributed by atoms with Crippen LogP contribution in [0.1, 0.15) is 37.6 Å². The number of aliphatic hydroxyl groups is 1. The predicted octanol–water partition coefficient (Wildman–Crippen LogP) is -1.02. The summed E-state index contributed by atoms with van der Waals surface area (Å²) in [6, 6.07) is 0. The Bertz CT molecular complexity index is 87.3. The largest absolute Gasteiger partial charge is 0.400 e. The monoisotopic (exact) mass is 222 g/mol. The zero-order valence-corrected chi connectivity index (χ0v) is 9.22. The third kappa shape index (κ3) is 22.3. The maximum Gasteiger partial charge on any atom is 0.0319 e. The summed E-state index contributed by atoms with van der Waals surface area (Å²) in [6.07, 6.45) is -2.44. The first kappa shape index (κ1) is 36.0. The maximum atomic E-state index is 7.00. The van der Waals surface area contributed by atoms with E-state index in [-0.39, 0.29) is 23.7 Å². The average molecular weight is 220 g/mol. The highest BCUT2D eigenvalue weighted by molar-refractivity contribution is 8.00. The van der Waals surface area contributed by atoms with Gasteiger partial charge in [-0.25, -0.2) is 0 Å². The normalized spacial score (nSPS) is 5.65. The SMILES string of the molecule is C.C.C.CC.CO.[B]B([B])B(B([B])[B])B([B])[B].[HH]. The van der Waals surface area contributed by atoms with Gasteiger partial charge in [-0.05, 0) is 0 Å². The van der Waals surface area contributed by atoms with Crippen molar-refractivity contribution in [3.8, 4) is 0 Å². The van der Waals surface area contributed by atoms with E-state index < -0.39 is 25.5 Å². The minimum Gasteiger partial charge on any atom is -0.400 e. The lowest BCUT2D eigenvalue weighted by molar-refractivity contribution is 0.399. The van der Waals surface area contributed by atoms with Gasteiger partial charge in [0.1, 0.15) is 0 Å². The molecule has 84 valence electrons. The number of hydrogen-bond acceptors (Lipinski definition) is 1. The van der Waals surface area contributed by atoms with Crippen LogP contribution in [0.2, 0.25) is 0 Å². The first-order valence-electron chi connectivity index (χ1n) is 4.45. The van der Waals surface area contributed by atoms with Crippen LogP contribution in [-0.4, -0.2) is 84.2 Å². The van der Waals surface area contributed by atoms with Crippen molar-refractivity contribution in [2.24, 2.45) is 0 Å². The fourth-order valence-corrected chi connectivity index (χ4v) is 0.770. The number of rotatable bonds is 3. The van der Waals surface area contributed by atoms with Gasteiger partial charge in [-0.3, -0.25) is 0 Å². The van der Waals surface area contributed by atoms with Crippen molar-refractivity contribution in [1.29, 1.82) is 0 Å². The summed E-state index contributed by atoms with van der Waals surface area (Å²) >= 11 is 0. The zero-order valence-electron chi connectivity index (χ0n) is 9.22. The van der Waals surface area contributed by atoms with Crippen LogP contribution >= 0.6 is 0 Å². The lowest BCUT2D eigenvalue weighted by atomic mass is 8.58. The second-order valence-electron chi connectivity index (χ2n) is 2.31. The Kier molecular flexibility index (Phi) is 54.0. The minimum atomic E-state index is -0.667. The van der Waals surface area contributed by atoms with Crippen LogP contribution in [0.4, 0.5) is 0 Å². The van der Waals surface area contributed by atoms with E-state index >= 15 is 0 Å². The molecule has 0 atom stereocenters. The Hall–Kier alpha value is 0.609. The predicted molar refractivity (Wildman–Crippen MR) is 99.3 cm³/mol. The van der Waals surface area contributed by atoms with Gasteiger partial charge in [0, 0.05) is 80.5 Å². The fourth-order valence-electron chi connectivity index (χ4n) is 0.770. The fraction of sp³-hybridized carbons (Fsp3) is 1.00. The molecule has 0 aromatic carbocycles. The molecule has 0 unspecified atom stereocenters. The van der Waals surface area contributed by atoms with E-state index in [1.165, 1.54) is 0 Å². The van der Waals surface area contributed by atoms with E-state index in [2.05, 4.69) is 0 Å². The van der Waals surface area contributed by atoms with E-state index in [4.69, 9.17) is 51.5 Å². The maximum absolute atomic E-state index is 7.00. The average Bonchev–Trinajstić information content (AvgIpc) is 2.09. The third-order valence-corrected chi connectivity index (χ3v) is 1.33. The first-order valence-corrected chi connectivity index (χ1v) is 4.45. The topological polar surface area (TPSA) is 20.2 Å². The van der Waals surface area contributed by atoms with Crippen LogP contribution in [0.25, 0.3) is 0 Å². The summed E-state index contributed by atoms with van der Waals surface area (Å²) in [5, 5.41) is 7.00. The molecule has 0 aliphatic carbocycles. The highest BCUT2D eigenvalue weighted by Crippen LogP contribution is 1.86. The van der Waals surface area contributed by atoms with Crippen molar-refractivity contribution in [2.45, 2.75) is 36.1 Å². The van der Waals surface area contributed by atoms with Gasteiger partial charge in [-0.2, -0.15) is 0 Å². The van der Waals surface area contributed by atoms with Crippen LogP contribution in [-0.2, 0) is 0 Å². The molecule has 0 heterocycles. The molecule has 0 spiro atoms. The Morgan fingerprint density at radius 2 is 0.765 bits per heavy atom. The molecule has 1 N–H and O–H groups in total. The van der Waals surface area contributed by atoms with Crippen molar-refractivity contribution < 1.29 is 6.53 Å². The van der Waals surface area contributed by atoms with Gasteiger partial charge in [0.2, 0.25) is 0 Å². The van der Waals surface area contributed by atoms with Gasteiger partial charge in [0.25, 0.3) is 0 Å². The standard InChI is InChI=1S/C2H6.CH4O.3CH4.B10.H2/c2*1-2;;;;1-7(2)10(8(3)4)9(5)6;/h1-2H3;2H,1H3;3*1H4;;1H. The van der Waals surface area contributed by atoms with Crippen molar-refractivity contribution >= 4 is 72.0 Å². The molecule has 0 bridgehead atoms. The van der Waals surface area contributed by atoms with E-state index in [0.29, 0.717) is 0 Å². The van der Waals surface area contributed by atoms with Crippen LogP contribution in [0.5, 0.6) is 0 Å². The second kappa shape index (κ2) is 25.5. The quantitative estimate of drug-likeness (QED) is 0.604. The van der Waals surface area contributed by atoms with Crippen molar-refractivity contribution in [3.63, 3.8) is 0 Å². The van der Waals surface area contributed by atoms with Crippen molar-refractivity contribution in [2.75, 3.05) is 7.11 Å². The summed E-state index contributed by atoms with van der Waals surface area (Å²) in [7, 11) is 32.8. The van der Waals surface area contributed by atoms with Gasteiger partial charge in [0.05, 0.1) is 0 Å². The second-order valence-corrected chi connectivity index (χ2v) is 2.31. The summed E-state index contributed by atoms with van der Waals surface area (Å²) in [5.41, 5.74) is 0. The Morgan fingerprint density at radius 3 is 0.765 bits per heavy atom. The van der Waals surface area contributed by atoms with Gasteiger partial charge in [-0.1, -0.05) is 36.1 Å². The Labute approximate surface area is 122 Å². The summed E-state index contributed by atoms with van der Waals surface area (Å²) in [5.74, 6) is 0. The highest BCUT2D eigenvalue weighted by Gasteiger charge is 2.24. The van der Waals surface area contributed by atoms with E-state index in [1.807, 2.05) is 13.8 Å². The number of aliphatic hydroxyl groups excluding tert-OH is 1. The number of hydrogen-bond donors (Lipinski definition) is 1. The smallest absolute Gasteiger partial charge is 0.0319 e. The molecule has 0 aliphatic heterocycles. The molecule has 0 saturated carbocycles. The summed E-state index contributed by atoms with van der Waals surface area (Å²) in [6.45, 7) is 4.00. The third-order valence-electron chi connectivity index (χ3n) is 1.33. The van der Waals surface area contributed by atoms with E-state index in [9.17, 15) is 0 Å². The molecule has 0 amide bonds. The van der Waals surface area contributed by atoms with Crippen LogP contribution in [0.15, 0.2) is 0 Å². The van der Waals surface area contributed by atoms with Crippen molar-refractivity contribution in [3.05, 3.63) is 0 Å². The van der Waals surface area contributed by atoms with Crippen LogP contribution in [0.3, 0.4) is 0 Å². The molecule has 17 heavy (non-hydrogen) atoms. The molecule has 0 aromatic rings. The van der Waals surface area contributed by atoms with Gasteiger partial charge in [0.15, 0.2) is 0 Å². The van der Waals surface area contributed by atoms with Crippen LogP contribution < -0.4 is 0 Å². The molecule has 0 aliphatic rings. The molecule has 0 saturated heterocycles. The van der Waals surface area contributed by atoms with E-state index in [1.54, 1.807) is 0 Å². The lowest BCUT2D eigenvalue weighted by Crippen LogP contribution is -2.62. The Morgan fingerprint density at radius 1 is 0.647 bits per heavy atom. The lowest BCUT2D eigenvalue weighted by Gasteiger charge is -2.23. The molecular weight excluding hydrogens is 196 g/mol. The highest BCUT2D eigenvalue weighted by atomic mass is 16.2.